The van der Waals surface area contributed by atoms with Crippen LogP contribution in [0.25, 0.3) is 55.3 Å². The van der Waals surface area contributed by atoms with Crippen molar-refractivity contribution in [3.8, 4) is 44.9 Å². The van der Waals surface area contributed by atoms with E-state index < -0.39 is 5.41 Å². The summed E-state index contributed by atoms with van der Waals surface area (Å²) in [5.41, 5.74) is 16.2. The molecule has 0 N–H and O–H groups in total. The molecule has 0 saturated carbocycles. The van der Waals surface area contributed by atoms with E-state index in [-0.39, 0.29) is 0 Å². The van der Waals surface area contributed by atoms with Crippen LogP contribution in [0, 0.1) is 0 Å². The molecule has 0 fully saturated rings. The van der Waals surface area contributed by atoms with Crippen LogP contribution in [0.1, 0.15) is 22.3 Å². The van der Waals surface area contributed by atoms with Gasteiger partial charge in [-0.3, -0.25) is 0 Å². The van der Waals surface area contributed by atoms with E-state index >= 15 is 0 Å². The highest BCUT2D eigenvalue weighted by Gasteiger charge is 2.51. The van der Waals surface area contributed by atoms with E-state index in [1.807, 2.05) is 12.1 Å². The Balaban J connectivity index is 1.11. The first-order valence-electron chi connectivity index (χ1n) is 19.8. The summed E-state index contributed by atoms with van der Waals surface area (Å²) >= 11 is 0. The quantitative estimate of drug-likeness (QED) is 0.176. The third-order valence-corrected chi connectivity index (χ3v) is 12.1. The number of fused-ring (bicyclic) bond motifs is 12. The molecule has 1 aliphatic heterocycles. The van der Waals surface area contributed by atoms with Crippen LogP contribution in [0.4, 0.5) is 17.1 Å². The minimum absolute atomic E-state index is 0.580. The van der Waals surface area contributed by atoms with Gasteiger partial charge in [0.15, 0.2) is 0 Å². The van der Waals surface area contributed by atoms with E-state index in [1.165, 1.54) is 27.8 Å². The first-order valence-corrected chi connectivity index (χ1v) is 19.8. The lowest BCUT2D eigenvalue weighted by Gasteiger charge is -2.39. The summed E-state index contributed by atoms with van der Waals surface area (Å²) < 4.78 is 13.2. The van der Waals surface area contributed by atoms with E-state index in [0.29, 0.717) is 0 Å². The molecular formula is C55H35NO2. The van der Waals surface area contributed by atoms with Crippen LogP contribution in [0.2, 0.25) is 0 Å². The molecule has 272 valence electrons. The van der Waals surface area contributed by atoms with Crippen LogP contribution < -0.4 is 9.64 Å². The van der Waals surface area contributed by atoms with E-state index in [0.717, 1.165) is 78.3 Å². The number of hydrogen-bond acceptors (Lipinski definition) is 3. The lowest BCUT2D eigenvalue weighted by atomic mass is 9.66. The monoisotopic (exact) mass is 741 g/mol. The van der Waals surface area contributed by atoms with Crippen molar-refractivity contribution in [3.63, 3.8) is 0 Å². The molecule has 1 aliphatic carbocycles. The fraction of sp³-hybridized carbons (Fsp3) is 0.0182. The Hall–Kier alpha value is -7.62. The molecule has 0 radical (unpaired) electrons. The molecule has 1 spiro atoms. The Bertz CT molecular complexity index is 3190. The molecule has 9 aromatic carbocycles. The molecule has 0 amide bonds. The number of benzene rings is 9. The van der Waals surface area contributed by atoms with Gasteiger partial charge in [0.2, 0.25) is 0 Å². The van der Waals surface area contributed by atoms with Crippen LogP contribution in [-0.2, 0) is 5.41 Å². The van der Waals surface area contributed by atoms with Gasteiger partial charge in [-0.15, -0.1) is 0 Å². The molecule has 12 rings (SSSR count). The Morgan fingerprint density at radius 1 is 0.345 bits per heavy atom. The molecule has 58 heavy (non-hydrogen) atoms. The van der Waals surface area contributed by atoms with Gasteiger partial charge in [0.1, 0.15) is 22.7 Å². The molecule has 10 aromatic rings. The average molecular weight is 742 g/mol. The Kier molecular flexibility index (Phi) is 7.14. The lowest BCUT2D eigenvalue weighted by molar-refractivity contribution is 0.436. The summed E-state index contributed by atoms with van der Waals surface area (Å²) in [6.07, 6.45) is 0. The van der Waals surface area contributed by atoms with Gasteiger partial charge in [0.05, 0.1) is 5.41 Å². The van der Waals surface area contributed by atoms with E-state index in [4.69, 9.17) is 9.15 Å². The lowest BCUT2D eigenvalue weighted by Crippen LogP contribution is -2.32. The maximum atomic E-state index is 6.65. The van der Waals surface area contributed by atoms with E-state index in [9.17, 15) is 0 Å². The summed E-state index contributed by atoms with van der Waals surface area (Å²) in [5, 5.41) is 2.24. The van der Waals surface area contributed by atoms with Gasteiger partial charge >= 0.3 is 0 Å². The SMILES string of the molecule is c1ccc(-c2cccc(N(c3cccc(-c4cccc5c4oc4ccccc45)c3)c3ccc4c(c3)C3(c5ccccc5Oc5ccccc53)c3ccccc3-4)c2)cc1. The zero-order valence-corrected chi connectivity index (χ0v) is 31.5. The first-order chi connectivity index (χ1) is 28.8. The number of anilines is 3. The van der Waals surface area contributed by atoms with Crippen LogP contribution in [-0.4, -0.2) is 0 Å². The molecule has 3 heteroatoms. The van der Waals surface area contributed by atoms with Gasteiger partial charge in [-0.2, -0.15) is 0 Å². The van der Waals surface area contributed by atoms with Gasteiger partial charge < -0.3 is 14.1 Å². The highest BCUT2D eigenvalue weighted by atomic mass is 16.5. The minimum atomic E-state index is -0.580. The van der Waals surface area contributed by atoms with Crippen molar-refractivity contribution in [1.82, 2.24) is 0 Å². The highest BCUT2D eigenvalue weighted by Crippen LogP contribution is 2.62. The van der Waals surface area contributed by atoms with Crippen molar-refractivity contribution in [1.29, 1.82) is 0 Å². The Morgan fingerprint density at radius 3 is 1.69 bits per heavy atom. The Labute approximate surface area is 336 Å². The van der Waals surface area contributed by atoms with Gasteiger partial charge in [0, 0.05) is 44.5 Å². The second-order valence-electron chi connectivity index (χ2n) is 15.2. The molecule has 2 heterocycles. The third kappa shape index (κ3) is 4.74. The first kappa shape index (κ1) is 32.6. The van der Waals surface area contributed by atoms with Crippen LogP contribution in [0.15, 0.2) is 217 Å². The predicted molar refractivity (Wildman–Crippen MR) is 237 cm³/mol. The zero-order valence-electron chi connectivity index (χ0n) is 31.5. The van der Waals surface area contributed by atoms with Crippen molar-refractivity contribution < 1.29 is 9.15 Å². The number of nitrogens with zero attached hydrogens (tertiary/aromatic N) is 1. The normalized spacial score (nSPS) is 13.1. The molecular weight excluding hydrogens is 707 g/mol. The minimum Gasteiger partial charge on any atom is -0.457 e. The summed E-state index contributed by atoms with van der Waals surface area (Å²) in [5.74, 6) is 1.77. The summed E-state index contributed by atoms with van der Waals surface area (Å²) in [6.45, 7) is 0. The zero-order chi connectivity index (χ0) is 38.2. The summed E-state index contributed by atoms with van der Waals surface area (Å²) in [7, 11) is 0. The Morgan fingerprint density at radius 2 is 0.897 bits per heavy atom. The van der Waals surface area contributed by atoms with Gasteiger partial charge in [-0.25, -0.2) is 0 Å². The van der Waals surface area contributed by atoms with Crippen LogP contribution >= 0.6 is 0 Å². The molecule has 2 aliphatic rings. The third-order valence-electron chi connectivity index (χ3n) is 12.1. The van der Waals surface area contributed by atoms with Gasteiger partial charge in [-0.05, 0) is 93.5 Å². The summed E-state index contributed by atoms with van der Waals surface area (Å²) in [4.78, 5) is 2.41. The number of rotatable bonds is 5. The van der Waals surface area contributed by atoms with Crippen molar-refractivity contribution >= 4 is 39.0 Å². The molecule has 0 bridgehead atoms. The van der Waals surface area contributed by atoms with Crippen molar-refractivity contribution in [3.05, 3.63) is 235 Å². The standard InChI is InChI=1S/C55H35NO2/c1-2-15-36(16-3-1)37-17-12-19-39(33-37)56(40-20-13-18-38(34-40)42-23-14-24-46-45-22-5-9-28-51(45)58-54(42)46)41-31-32-44-43-21-4-6-25-47(43)55(50(44)35-41)48-26-7-10-29-52(48)57-53-30-11-8-27-49(53)55/h1-35H. The fourth-order valence-electron chi connectivity index (χ4n) is 9.67. The number of furan rings is 1. The smallest absolute Gasteiger partial charge is 0.143 e. The van der Waals surface area contributed by atoms with Crippen molar-refractivity contribution in [2.45, 2.75) is 5.41 Å². The fourth-order valence-corrected chi connectivity index (χ4v) is 9.67. The van der Waals surface area contributed by atoms with Crippen LogP contribution in [0.3, 0.4) is 0 Å². The summed E-state index contributed by atoms with van der Waals surface area (Å²) in [6, 6.07) is 76.1. The van der Waals surface area contributed by atoms with Crippen molar-refractivity contribution in [2.75, 3.05) is 4.90 Å². The maximum absolute atomic E-state index is 6.65. The second kappa shape index (κ2) is 12.7. The molecule has 1 aromatic heterocycles. The molecule has 0 saturated heterocycles. The van der Waals surface area contributed by atoms with E-state index in [1.54, 1.807) is 0 Å². The molecule has 0 atom stereocenters. The number of para-hydroxylation sites is 4. The number of hydrogen-bond donors (Lipinski definition) is 0. The largest absolute Gasteiger partial charge is 0.457 e. The highest BCUT2D eigenvalue weighted by molar-refractivity contribution is 6.09. The molecule has 3 nitrogen and oxygen atoms in total. The predicted octanol–water partition coefficient (Wildman–Crippen LogP) is 14.9. The average Bonchev–Trinajstić information content (AvgIpc) is 3.81. The maximum Gasteiger partial charge on any atom is 0.143 e. The van der Waals surface area contributed by atoms with Crippen LogP contribution in [0.5, 0.6) is 11.5 Å². The van der Waals surface area contributed by atoms with Crippen molar-refractivity contribution in [2.24, 2.45) is 0 Å². The van der Waals surface area contributed by atoms with Gasteiger partial charge in [0.25, 0.3) is 0 Å². The molecule has 0 unspecified atom stereocenters. The topological polar surface area (TPSA) is 25.6 Å². The van der Waals surface area contributed by atoms with Gasteiger partial charge in [-0.1, -0.05) is 158 Å². The van der Waals surface area contributed by atoms with E-state index in [2.05, 4.69) is 205 Å². The second-order valence-corrected chi connectivity index (χ2v) is 15.2. The number of ether oxygens (including phenoxy) is 1.